The van der Waals surface area contributed by atoms with E-state index in [1.807, 2.05) is 12.1 Å². The van der Waals surface area contributed by atoms with Gasteiger partial charge in [-0.25, -0.2) is 0 Å². The maximum absolute atomic E-state index is 5.95. The maximum atomic E-state index is 5.95. The van der Waals surface area contributed by atoms with Gasteiger partial charge in [0.2, 0.25) is 0 Å². The highest BCUT2D eigenvalue weighted by Gasteiger charge is 2.18. The summed E-state index contributed by atoms with van der Waals surface area (Å²) in [6, 6.07) is 31.5. The van der Waals surface area contributed by atoms with Crippen LogP contribution in [0.15, 0.2) is 115 Å². The quantitative estimate of drug-likeness (QED) is 0.205. The van der Waals surface area contributed by atoms with Gasteiger partial charge in [0.15, 0.2) is 0 Å². The summed E-state index contributed by atoms with van der Waals surface area (Å²) in [7, 11) is 3.18. The summed E-state index contributed by atoms with van der Waals surface area (Å²) in [4.78, 5) is 4.54. The average molecular weight is 547 g/mol. The number of hydrogen-bond acceptors (Lipinski definition) is 4. The Balaban J connectivity index is 1.43. The van der Waals surface area contributed by atoms with Gasteiger partial charge in [-0.15, -0.1) is 0 Å². The Bertz CT molecular complexity index is 1140. The first-order chi connectivity index (χ1) is 17.7. The molecule has 0 fully saturated rings. The lowest BCUT2D eigenvalue weighted by Gasteiger charge is -2.28. The molecule has 6 heteroatoms. The molecular weight excluding hydrogens is 517 g/mol. The van der Waals surface area contributed by atoms with Crippen LogP contribution in [0.1, 0.15) is 29.5 Å². The average Bonchev–Trinajstić information content (AvgIpc) is 2.93. The van der Waals surface area contributed by atoms with Crippen LogP contribution in [-0.2, 0) is 19.6 Å². The molecule has 0 heterocycles. The van der Waals surface area contributed by atoms with Crippen molar-refractivity contribution >= 4 is 54.7 Å². The first-order valence-corrected chi connectivity index (χ1v) is 15.0. The highest BCUT2D eigenvalue weighted by molar-refractivity contribution is 8.89. The molecule has 0 unspecified atom stereocenters. The van der Waals surface area contributed by atoms with Crippen LogP contribution < -0.4 is 0 Å². The number of nitrogens with zero attached hydrogens (tertiary/aromatic N) is 2. The minimum atomic E-state index is 0.764. The number of benzene rings is 3. The molecule has 0 aromatic heterocycles. The third-order valence-corrected chi connectivity index (χ3v) is 9.53. The second kappa shape index (κ2) is 14.4. The van der Waals surface area contributed by atoms with Crippen LogP contribution in [-0.4, -0.2) is 25.0 Å². The second-order valence-electron chi connectivity index (χ2n) is 8.63. The standard InChI is InChI=1S/C30H30N2S4/c33-29(31(21-25-13-5-1-6-14-25)22-26-15-7-2-8-16-26)35-36-30(34)32(23-27-17-9-3-10-18-27)24-28-19-11-4-12-20-28/h1-3,5-11,13-20H,4,12,21-24H2. The van der Waals surface area contributed by atoms with E-state index in [-0.39, 0.29) is 0 Å². The SMILES string of the molecule is S=C(SSC(=S)N(Cc1ccccc1)Cc1ccccc1)N(CC1=CCCC=C1)Cc1ccccc1. The van der Waals surface area contributed by atoms with E-state index < -0.39 is 0 Å². The smallest absolute Gasteiger partial charge is 0.148 e. The Morgan fingerprint density at radius 1 is 0.583 bits per heavy atom. The predicted molar refractivity (Wildman–Crippen MR) is 166 cm³/mol. The van der Waals surface area contributed by atoms with Crippen molar-refractivity contribution in [2.75, 3.05) is 6.54 Å². The summed E-state index contributed by atoms with van der Waals surface area (Å²) in [5.74, 6) is 0. The van der Waals surface area contributed by atoms with Crippen LogP contribution in [0.25, 0.3) is 0 Å². The highest BCUT2D eigenvalue weighted by atomic mass is 33.1. The first-order valence-electron chi connectivity index (χ1n) is 12.1. The van der Waals surface area contributed by atoms with Gasteiger partial charge in [-0.05, 0) is 56.7 Å². The van der Waals surface area contributed by atoms with E-state index in [2.05, 4.69) is 107 Å². The number of rotatable bonds is 8. The Hall–Kier alpha value is -2.38. The molecule has 0 bridgehead atoms. The predicted octanol–water partition coefficient (Wildman–Crippen LogP) is 8.42. The summed E-state index contributed by atoms with van der Waals surface area (Å²) in [6.45, 7) is 3.12. The van der Waals surface area contributed by atoms with Crippen LogP contribution in [0.5, 0.6) is 0 Å². The van der Waals surface area contributed by atoms with Crippen LogP contribution >= 0.6 is 46.0 Å². The molecule has 0 amide bonds. The molecule has 2 nitrogen and oxygen atoms in total. The van der Waals surface area contributed by atoms with E-state index in [4.69, 9.17) is 24.4 Å². The molecule has 184 valence electrons. The zero-order valence-electron chi connectivity index (χ0n) is 20.2. The Labute approximate surface area is 233 Å². The minimum Gasteiger partial charge on any atom is -0.348 e. The van der Waals surface area contributed by atoms with Crippen molar-refractivity contribution in [1.82, 2.24) is 9.80 Å². The van der Waals surface area contributed by atoms with Crippen LogP contribution in [0.2, 0.25) is 0 Å². The summed E-state index contributed by atoms with van der Waals surface area (Å²) in [5.41, 5.74) is 5.06. The molecule has 0 spiro atoms. The lowest BCUT2D eigenvalue weighted by atomic mass is 10.1. The highest BCUT2D eigenvalue weighted by Crippen LogP contribution is 2.31. The number of thiocarbonyl (C=S) groups is 2. The van der Waals surface area contributed by atoms with Gasteiger partial charge in [-0.3, -0.25) is 0 Å². The summed E-state index contributed by atoms with van der Waals surface area (Å²) < 4.78 is 1.69. The zero-order valence-corrected chi connectivity index (χ0v) is 23.4. The van der Waals surface area contributed by atoms with E-state index in [0.29, 0.717) is 0 Å². The fourth-order valence-electron chi connectivity index (χ4n) is 3.96. The van der Waals surface area contributed by atoms with E-state index >= 15 is 0 Å². The van der Waals surface area contributed by atoms with Gasteiger partial charge in [0.25, 0.3) is 0 Å². The monoisotopic (exact) mass is 546 g/mol. The van der Waals surface area contributed by atoms with Crippen molar-refractivity contribution in [2.45, 2.75) is 32.5 Å². The van der Waals surface area contributed by atoms with Crippen molar-refractivity contribution in [1.29, 1.82) is 0 Å². The van der Waals surface area contributed by atoms with Crippen LogP contribution in [0.3, 0.4) is 0 Å². The molecule has 1 aliphatic rings. The third kappa shape index (κ3) is 8.63. The van der Waals surface area contributed by atoms with Crippen LogP contribution in [0.4, 0.5) is 0 Å². The largest absolute Gasteiger partial charge is 0.348 e. The number of hydrogen-bond donors (Lipinski definition) is 0. The lowest BCUT2D eigenvalue weighted by molar-refractivity contribution is 0.421. The molecule has 36 heavy (non-hydrogen) atoms. The number of allylic oxidation sites excluding steroid dienone is 2. The molecule has 0 saturated heterocycles. The maximum Gasteiger partial charge on any atom is 0.148 e. The minimum absolute atomic E-state index is 0.764. The van der Waals surface area contributed by atoms with Gasteiger partial charge < -0.3 is 9.80 Å². The molecule has 3 aromatic rings. The van der Waals surface area contributed by atoms with Gasteiger partial charge in [-0.1, -0.05) is 134 Å². The van der Waals surface area contributed by atoms with Gasteiger partial charge in [0, 0.05) is 26.2 Å². The van der Waals surface area contributed by atoms with E-state index in [9.17, 15) is 0 Å². The van der Waals surface area contributed by atoms with Crippen LogP contribution in [0, 0.1) is 0 Å². The van der Waals surface area contributed by atoms with Gasteiger partial charge in [0.1, 0.15) is 8.64 Å². The normalized spacial score (nSPS) is 12.6. The molecule has 0 atom stereocenters. The summed E-state index contributed by atoms with van der Waals surface area (Å²) >= 11 is 11.9. The van der Waals surface area contributed by atoms with E-state index in [1.165, 1.54) is 22.3 Å². The molecule has 4 rings (SSSR count). The van der Waals surface area contributed by atoms with Crippen molar-refractivity contribution in [3.05, 3.63) is 131 Å². The molecular formula is C30H30N2S4. The first kappa shape index (κ1) is 26.7. The van der Waals surface area contributed by atoms with E-state index in [0.717, 1.165) is 47.7 Å². The topological polar surface area (TPSA) is 6.48 Å². The second-order valence-corrected chi connectivity index (χ2v) is 12.0. The van der Waals surface area contributed by atoms with Crippen molar-refractivity contribution in [2.24, 2.45) is 0 Å². The lowest BCUT2D eigenvalue weighted by Crippen LogP contribution is -2.30. The Kier molecular flexibility index (Phi) is 10.7. The van der Waals surface area contributed by atoms with Crippen molar-refractivity contribution in [3.63, 3.8) is 0 Å². The molecule has 0 N–H and O–H groups in total. The summed E-state index contributed by atoms with van der Waals surface area (Å²) in [5, 5.41) is 0. The van der Waals surface area contributed by atoms with Gasteiger partial charge in [0.05, 0.1) is 0 Å². The van der Waals surface area contributed by atoms with Crippen molar-refractivity contribution in [3.8, 4) is 0 Å². The molecule has 0 aliphatic heterocycles. The fraction of sp³-hybridized carbons (Fsp3) is 0.200. The fourth-order valence-corrected chi connectivity index (χ4v) is 6.51. The Morgan fingerprint density at radius 2 is 1.00 bits per heavy atom. The molecule has 1 aliphatic carbocycles. The van der Waals surface area contributed by atoms with E-state index in [1.54, 1.807) is 21.6 Å². The summed E-state index contributed by atoms with van der Waals surface area (Å²) in [6.07, 6.45) is 9.02. The third-order valence-electron chi connectivity index (χ3n) is 5.79. The molecule has 0 radical (unpaired) electrons. The molecule has 0 saturated carbocycles. The molecule has 3 aromatic carbocycles. The van der Waals surface area contributed by atoms with Gasteiger partial charge >= 0.3 is 0 Å². The Morgan fingerprint density at radius 3 is 1.39 bits per heavy atom. The van der Waals surface area contributed by atoms with Crippen molar-refractivity contribution < 1.29 is 0 Å². The van der Waals surface area contributed by atoms with Gasteiger partial charge in [-0.2, -0.15) is 0 Å². The zero-order chi connectivity index (χ0) is 25.0.